The van der Waals surface area contributed by atoms with Crippen molar-refractivity contribution >= 4 is 29.0 Å². The van der Waals surface area contributed by atoms with Gasteiger partial charge in [0.15, 0.2) is 11.5 Å². The molecule has 3 rings (SSSR count). The molecular formula is C20H21FN6O3. The summed E-state index contributed by atoms with van der Waals surface area (Å²) in [6.07, 6.45) is 0. The molecule has 2 aromatic carbocycles. The highest BCUT2D eigenvalue weighted by molar-refractivity contribution is 6.06. The first-order valence-corrected chi connectivity index (χ1v) is 8.99. The maximum Gasteiger partial charge on any atom is 0.280 e. The van der Waals surface area contributed by atoms with Crippen LogP contribution >= 0.6 is 0 Å². The molecule has 0 saturated heterocycles. The van der Waals surface area contributed by atoms with Crippen molar-refractivity contribution in [1.82, 2.24) is 15.0 Å². The highest BCUT2D eigenvalue weighted by Gasteiger charge is 2.20. The smallest absolute Gasteiger partial charge is 0.280 e. The summed E-state index contributed by atoms with van der Waals surface area (Å²) in [4.78, 5) is 24.8. The van der Waals surface area contributed by atoms with Gasteiger partial charge in [-0.3, -0.25) is 9.59 Å². The molecule has 0 atom stereocenters. The fourth-order valence-electron chi connectivity index (χ4n) is 2.71. The van der Waals surface area contributed by atoms with Crippen LogP contribution in [0.25, 0.3) is 0 Å². The minimum atomic E-state index is -0.594. The van der Waals surface area contributed by atoms with E-state index in [0.29, 0.717) is 22.7 Å². The molecule has 0 spiro atoms. The number of aryl methyl sites for hydroxylation is 2. The molecule has 2 amide bonds. The fourth-order valence-corrected chi connectivity index (χ4v) is 2.71. The number of hydrogen-bond acceptors (Lipinski definition) is 6. The van der Waals surface area contributed by atoms with Gasteiger partial charge in [0.2, 0.25) is 5.91 Å². The molecule has 10 heteroatoms. The van der Waals surface area contributed by atoms with Gasteiger partial charge in [-0.1, -0.05) is 17.3 Å². The predicted octanol–water partition coefficient (Wildman–Crippen LogP) is 2.52. The lowest BCUT2D eigenvalue weighted by Crippen LogP contribution is -2.21. The SMILES string of the molecule is COc1ccc(C)cc1NC(=O)c1nnn(CC(=O)Nc2ccc(C)c(F)c2)c1N. The van der Waals surface area contributed by atoms with Crippen LogP contribution in [0.4, 0.5) is 21.6 Å². The van der Waals surface area contributed by atoms with Crippen molar-refractivity contribution in [2.45, 2.75) is 20.4 Å². The van der Waals surface area contributed by atoms with E-state index in [1.165, 1.54) is 13.2 Å². The third-order valence-electron chi connectivity index (χ3n) is 4.34. The summed E-state index contributed by atoms with van der Waals surface area (Å²) >= 11 is 0. The van der Waals surface area contributed by atoms with Crippen molar-refractivity contribution in [2.24, 2.45) is 0 Å². The van der Waals surface area contributed by atoms with E-state index in [1.54, 1.807) is 31.2 Å². The highest BCUT2D eigenvalue weighted by atomic mass is 19.1. The number of nitrogens with zero attached hydrogens (tertiary/aromatic N) is 3. The van der Waals surface area contributed by atoms with Crippen molar-refractivity contribution in [2.75, 3.05) is 23.5 Å². The Labute approximate surface area is 172 Å². The zero-order chi connectivity index (χ0) is 21.8. The maximum atomic E-state index is 13.6. The number of nitrogens with one attached hydrogen (secondary N) is 2. The zero-order valence-corrected chi connectivity index (χ0v) is 16.7. The monoisotopic (exact) mass is 412 g/mol. The molecule has 0 radical (unpaired) electrons. The number of anilines is 3. The van der Waals surface area contributed by atoms with Crippen LogP contribution in [0.3, 0.4) is 0 Å². The Kier molecular flexibility index (Phi) is 5.95. The van der Waals surface area contributed by atoms with Crippen LogP contribution in [0.2, 0.25) is 0 Å². The van der Waals surface area contributed by atoms with Gasteiger partial charge >= 0.3 is 0 Å². The van der Waals surface area contributed by atoms with Crippen LogP contribution in [0.5, 0.6) is 5.75 Å². The van der Waals surface area contributed by atoms with Gasteiger partial charge in [0, 0.05) is 5.69 Å². The average Bonchev–Trinajstić information content (AvgIpc) is 3.05. The number of benzene rings is 2. The molecule has 0 fully saturated rings. The van der Waals surface area contributed by atoms with Crippen LogP contribution in [-0.4, -0.2) is 33.9 Å². The Bertz CT molecular complexity index is 1110. The Morgan fingerprint density at radius 1 is 1.17 bits per heavy atom. The van der Waals surface area contributed by atoms with Gasteiger partial charge in [-0.25, -0.2) is 9.07 Å². The summed E-state index contributed by atoms with van der Waals surface area (Å²) in [5, 5.41) is 12.8. The van der Waals surface area contributed by atoms with Crippen molar-refractivity contribution in [3.05, 3.63) is 59.0 Å². The summed E-state index contributed by atoms with van der Waals surface area (Å²) in [5.74, 6) is -1.13. The number of aromatic nitrogens is 3. The zero-order valence-electron chi connectivity index (χ0n) is 16.7. The normalized spacial score (nSPS) is 10.5. The van der Waals surface area contributed by atoms with Crippen molar-refractivity contribution < 1.29 is 18.7 Å². The van der Waals surface area contributed by atoms with E-state index >= 15 is 0 Å². The van der Waals surface area contributed by atoms with Gasteiger partial charge in [-0.05, 0) is 49.2 Å². The van der Waals surface area contributed by atoms with Crippen molar-refractivity contribution in [3.8, 4) is 5.75 Å². The van der Waals surface area contributed by atoms with Gasteiger partial charge in [-0.15, -0.1) is 5.10 Å². The number of hydrogen-bond donors (Lipinski definition) is 3. The van der Waals surface area contributed by atoms with Gasteiger partial charge in [0.25, 0.3) is 5.91 Å². The molecule has 3 aromatic rings. The lowest BCUT2D eigenvalue weighted by molar-refractivity contribution is -0.116. The van der Waals surface area contributed by atoms with E-state index < -0.39 is 17.6 Å². The number of carbonyl (C=O) groups excluding carboxylic acids is 2. The first-order chi connectivity index (χ1) is 14.3. The number of halogens is 1. The Morgan fingerprint density at radius 2 is 1.93 bits per heavy atom. The number of ether oxygens (including phenoxy) is 1. The number of amides is 2. The quantitative estimate of drug-likeness (QED) is 0.571. The minimum absolute atomic E-state index is 0.0793. The first-order valence-electron chi connectivity index (χ1n) is 8.99. The van der Waals surface area contributed by atoms with E-state index in [1.807, 2.05) is 13.0 Å². The molecular weight excluding hydrogens is 391 g/mol. The van der Waals surface area contributed by atoms with Crippen LogP contribution in [0.15, 0.2) is 36.4 Å². The van der Waals surface area contributed by atoms with E-state index in [2.05, 4.69) is 20.9 Å². The van der Waals surface area contributed by atoms with E-state index in [9.17, 15) is 14.0 Å². The van der Waals surface area contributed by atoms with Gasteiger partial charge in [-0.2, -0.15) is 0 Å². The fraction of sp³-hybridized carbons (Fsp3) is 0.200. The van der Waals surface area contributed by atoms with Crippen LogP contribution in [0, 0.1) is 19.7 Å². The topological polar surface area (TPSA) is 124 Å². The van der Waals surface area contributed by atoms with Crippen molar-refractivity contribution in [1.29, 1.82) is 0 Å². The summed E-state index contributed by atoms with van der Waals surface area (Å²) in [6.45, 7) is 3.20. The molecule has 156 valence electrons. The van der Waals surface area contributed by atoms with E-state index in [0.717, 1.165) is 10.2 Å². The number of rotatable bonds is 6. The van der Waals surface area contributed by atoms with Gasteiger partial charge in [0.1, 0.15) is 18.1 Å². The molecule has 0 aliphatic carbocycles. The molecule has 30 heavy (non-hydrogen) atoms. The molecule has 1 heterocycles. The number of nitrogens with two attached hydrogens (primary N) is 1. The molecule has 4 N–H and O–H groups in total. The minimum Gasteiger partial charge on any atom is -0.495 e. The summed E-state index contributed by atoms with van der Waals surface area (Å²) in [7, 11) is 1.49. The van der Waals surface area contributed by atoms with Crippen LogP contribution in [-0.2, 0) is 11.3 Å². The van der Waals surface area contributed by atoms with Gasteiger partial charge < -0.3 is 21.1 Å². The first kappa shape index (κ1) is 20.8. The molecule has 0 saturated carbocycles. The van der Waals surface area contributed by atoms with Crippen molar-refractivity contribution in [3.63, 3.8) is 0 Å². The highest BCUT2D eigenvalue weighted by Crippen LogP contribution is 2.26. The molecule has 0 aliphatic heterocycles. The van der Waals surface area contributed by atoms with Crippen LogP contribution in [0.1, 0.15) is 21.6 Å². The van der Waals surface area contributed by atoms with Crippen LogP contribution < -0.4 is 21.1 Å². The second-order valence-corrected chi connectivity index (χ2v) is 6.65. The molecule has 9 nitrogen and oxygen atoms in total. The summed E-state index contributed by atoms with van der Waals surface area (Å²) in [6, 6.07) is 9.66. The largest absolute Gasteiger partial charge is 0.495 e. The molecule has 1 aromatic heterocycles. The Balaban J connectivity index is 1.70. The molecule has 0 bridgehead atoms. The third kappa shape index (κ3) is 4.54. The number of carbonyl (C=O) groups is 2. The second-order valence-electron chi connectivity index (χ2n) is 6.65. The van der Waals surface area contributed by atoms with E-state index in [4.69, 9.17) is 10.5 Å². The summed E-state index contributed by atoms with van der Waals surface area (Å²) < 4.78 is 19.9. The Hall–Kier alpha value is -3.95. The lowest BCUT2D eigenvalue weighted by atomic mass is 10.2. The lowest BCUT2D eigenvalue weighted by Gasteiger charge is -2.10. The average molecular weight is 412 g/mol. The molecule has 0 aliphatic rings. The maximum absolute atomic E-state index is 13.6. The van der Waals surface area contributed by atoms with E-state index in [-0.39, 0.29) is 18.1 Å². The Morgan fingerprint density at radius 3 is 2.63 bits per heavy atom. The van der Waals surface area contributed by atoms with Gasteiger partial charge in [0.05, 0.1) is 12.8 Å². The third-order valence-corrected chi connectivity index (χ3v) is 4.34. The number of methoxy groups -OCH3 is 1. The standard InChI is InChI=1S/C20H21FN6O3/c1-11-4-7-16(30-3)15(8-11)24-20(29)18-19(22)27(26-25-18)10-17(28)23-13-6-5-12(2)14(21)9-13/h4-9H,10,22H2,1-3H3,(H,23,28)(H,24,29). The second kappa shape index (κ2) is 8.60. The summed E-state index contributed by atoms with van der Waals surface area (Å²) in [5.41, 5.74) is 7.96. The molecule has 0 unspecified atom stereocenters. The predicted molar refractivity (Wildman–Crippen MR) is 110 cm³/mol. The number of nitrogen functional groups attached to an aromatic ring is 1.